The zero-order valence-corrected chi connectivity index (χ0v) is 20.5. The summed E-state index contributed by atoms with van der Waals surface area (Å²) in [5.74, 6) is -0.764. The van der Waals surface area contributed by atoms with Gasteiger partial charge in [0.25, 0.3) is 0 Å². The van der Waals surface area contributed by atoms with Gasteiger partial charge in [-0.15, -0.1) is 0 Å². The highest BCUT2D eigenvalue weighted by molar-refractivity contribution is 5.91. The Hall–Kier alpha value is -2.80. The fourth-order valence-corrected chi connectivity index (χ4v) is 5.15. The Morgan fingerprint density at radius 1 is 1.03 bits per heavy atom. The zero-order chi connectivity index (χ0) is 25.6. The lowest BCUT2D eigenvalue weighted by Gasteiger charge is -2.37. The summed E-state index contributed by atoms with van der Waals surface area (Å²) in [6.45, 7) is 6.74. The normalized spacial score (nSPS) is 17.9. The summed E-state index contributed by atoms with van der Waals surface area (Å²) in [6.07, 6.45) is 1.25. The lowest BCUT2D eigenvalue weighted by atomic mass is 9.79. The van der Waals surface area contributed by atoms with Crippen LogP contribution in [0.4, 0.5) is 13.2 Å². The number of ether oxygens (including phenoxy) is 2. The number of halogens is 3. The van der Waals surface area contributed by atoms with Crippen LogP contribution in [-0.4, -0.2) is 23.3 Å². The quantitative estimate of drug-likeness (QED) is 0.477. The Morgan fingerprint density at radius 2 is 1.77 bits per heavy atom. The molecule has 2 aromatic carbocycles. The molecule has 2 aliphatic rings. The number of hydrogen-bond acceptors (Lipinski definition) is 3. The SMILES string of the molecule is CC(C)(C)OC(C)(C(=O)O)c1c(C(F)(F)F)ccc(C2=CCCC2)c1-c1ccc2c(c1)CCCO2. The van der Waals surface area contributed by atoms with Crippen LogP contribution in [0.1, 0.15) is 75.6 Å². The molecule has 0 spiro atoms. The number of carboxylic acids is 1. The van der Waals surface area contributed by atoms with Gasteiger partial charge in [-0.1, -0.05) is 18.2 Å². The first-order chi connectivity index (χ1) is 16.3. The van der Waals surface area contributed by atoms with Crippen LogP contribution in [0.5, 0.6) is 5.75 Å². The van der Waals surface area contributed by atoms with Gasteiger partial charge in [0, 0.05) is 5.56 Å². The van der Waals surface area contributed by atoms with Gasteiger partial charge in [-0.25, -0.2) is 4.79 Å². The molecule has 35 heavy (non-hydrogen) atoms. The van der Waals surface area contributed by atoms with E-state index in [-0.39, 0.29) is 11.1 Å². The van der Waals surface area contributed by atoms with Crippen molar-refractivity contribution in [2.75, 3.05) is 6.61 Å². The van der Waals surface area contributed by atoms with Crippen molar-refractivity contribution < 1.29 is 32.5 Å². The van der Waals surface area contributed by atoms with Crippen molar-refractivity contribution >= 4 is 11.5 Å². The third kappa shape index (κ3) is 4.96. The molecule has 1 atom stereocenters. The molecule has 2 aromatic rings. The second-order valence-electron chi connectivity index (χ2n) is 10.4. The number of aliphatic carboxylic acids is 1. The van der Waals surface area contributed by atoms with Gasteiger partial charge in [0.1, 0.15) is 5.75 Å². The zero-order valence-electron chi connectivity index (χ0n) is 20.5. The molecule has 1 unspecified atom stereocenters. The van der Waals surface area contributed by atoms with Crippen LogP contribution < -0.4 is 4.74 Å². The van der Waals surface area contributed by atoms with E-state index in [0.29, 0.717) is 23.5 Å². The van der Waals surface area contributed by atoms with Crippen LogP contribution in [0.25, 0.3) is 16.7 Å². The van der Waals surface area contributed by atoms with Crippen molar-refractivity contribution in [1.82, 2.24) is 0 Å². The molecule has 0 fully saturated rings. The predicted molar refractivity (Wildman–Crippen MR) is 128 cm³/mol. The Kier molecular flexibility index (Phi) is 6.51. The first-order valence-corrected chi connectivity index (χ1v) is 11.9. The van der Waals surface area contributed by atoms with Crippen LogP contribution in [0.2, 0.25) is 0 Å². The van der Waals surface area contributed by atoms with E-state index in [4.69, 9.17) is 9.47 Å². The van der Waals surface area contributed by atoms with Crippen molar-refractivity contribution in [3.63, 3.8) is 0 Å². The maximum Gasteiger partial charge on any atom is 0.416 e. The Morgan fingerprint density at radius 3 is 2.37 bits per heavy atom. The number of carboxylic acid groups (broad SMARTS) is 1. The summed E-state index contributed by atoms with van der Waals surface area (Å²) < 4.78 is 55.1. The highest BCUT2D eigenvalue weighted by atomic mass is 19.4. The van der Waals surface area contributed by atoms with Crippen LogP contribution in [-0.2, 0) is 27.7 Å². The van der Waals surface area contributed by atoms with E-state index < -0.39 is 28.9 Å². The van der Waals surface area contributed by atoms with Gasteiger partial charge < -0.3 is 14.6 Å². The van der Waals surface area contributed by atoms with Crippen molar-refractivity contribution in [2.24, 2.45) is 0 Å². The number of alkyl halides is 3. The van der Waals surface area contributed by atoms with Gasteiger partial charge in [-0.05, 0) is 106 Å². The van der Waals surface area contributed by atoms with E-state index in [1.807, 2.05) is 12.1 Å². The molecule has 1 aliphatic carbocycles. The Bertz CT molecular complexity index is 1170. The molecule has 4 rings (SSSR count). The van der Waals surface area contributed by atoms with Gasteiger partial charge in [-0.2, -0.15) is 13.2 Å². The summed E-state index contributed by atoms with van der Waals surface area (Å²) in [4.78, 5) is 12.7. The maximum absolute atomic E-state index is 14.5. The van der Waals surface area contributed by atoms with Crippen LogP contribution in [0.3, 0.4) is 0 Å². The number of hydrogen-bond donors (Lipinski definition) is 1. The fraction of sp³-hybridized carbons (Fsp3) is 0.464. The third-order valence-corrected chi connectivity index (χ3v) is 6.49. The lowest BCUT2D eigenvalue weighted by molar-refractivity contribution is -0.186. The smallest absolute Gasteiger partial charge is 0.416 e. The minimum Gasteiger partial charge on any atom is -0.493 e. The highest BCUT2D eigenvalue weighted by Gasteiger charge is 2.49. The standard InChI is InChI=1S/C28H31F3O4/c1-26(2,3)35-27(4,25(32)33)24-21(28(29,30)31)13-12-20(17-8-5-6-9-17)23(24)19-11-14-22-18(16-19)10-7-15-34-22/h8,11-14,16H,5-7,9-10,15H2,1-4H3,(H,32,33). The molecular formula is C28H31F3O4. The van der Waals surface area contributed by atoms with Gasteiger partial charge in [-0.3, -0.25) is 0 Å². The topological polar surface area (TPSA) is 55.8 Å². The van der Waals surface area contributed by atoms with Gasteiger partial charge in [0.2, 0.25) is 0 Å². The highest BCUT2D eigenvalue weighted by Crippen LogP contribution is 2.49. The summed E-state index contributed by atoms with van der Waals surface area (Å²) in [7, 11) is 0. The molecule has 1 heterocycles. The first-order valence-electron chi connectivity index (χ1n) is 11.9. The lowest BCUT2D eigenvalue weighted by Crippen LogP contribution is -2.43. The third-order valence-electron chi connectivity index (χ3n) is 6.49. The molecule has 0 saturated heterocycles. The van der Waals surface area contributed by atoms with Crippen molar-refractivity contribution in [2.45, 2.75) is 77.2 Å². The average molecular weight is 489 g/mol. The van der Waals surface area contributed by atoms with Crippen LogP contribution in [0, 0.1) is 0 Å². The average Bonchev–Trinajstić information content (AvgIpc) is 3.30. The molecule has 7 heteroatoms. The number of fused-ring (bicyclic) bond motifs is 1. The minimum atomic E-state index is -4.78. The molecule has 0 aromatic heterocycles. The molecule has 0 saturated carbocycles. The number of aryl methyl sites for hydroxylation is 1. The van der Waals surface area contributed by atoms with Crippen molar-refractivity contribution in [3.05, 3.63) is 58.7 Å². The minimum absolute atomic E-state index is 0.260. The van der Waals surface area contributed by atoms with Crippen molar-refractivity contribution in [1.29, 1.82) is 0 Å². The summed E-state index contributed by atoms with van der Waals surface area (Å²) in [5, 5.41) is 10.3. The summed E-state index contributed by atoms with van der Waals surface area (Å²) in [5.41, 5.74) is -1.40. The van der Waals surface area contributed by atoms with E-state index in [9.17, 15) is 23.1 Å². The molecule has 4 nitrogen and oxygen atoms in total. The molecule has 0 bridgehead atoms. The number of allylic oxidation sites excluding steroid dienone is 2. The van der Waals surface area contributed by atoms with Gasteiger partial charge >= 0.3 is 12.1 Å². The number of rotatable bonds is 5. The molecule has 0 amide bonds. The van der Waals surface area contributed by atoms with Crippen molar-refractivity contribution in [3.8, 4) is 16.9 Å². The molecule has 1 N–H and O–H groups in total. The van der Waals surface area contributed by atoms with E-state index in [2.05, 4.69) is 0 Å². The van der Waals surface area contributed by atoms with E-state index in [1.54, 1.807) is 32.9 Å². The fourth-order valence-electron chi connectivity index (χ4n) is 5.15. The Balaban J connectivity index is 2.11. The summed E-state index contributed by atoms with van der Waals surface area (Å²) in [6, 6.07) is 7.81. The number of carbonyl (C=O) groups is 1. The molecule has 1 aliphatic heterocycles. The number of benzene rings is 2. The van der Waals surface area contributed by atoms with Gasteiger partial charge in [0.05, 0.1) is 17.8 Å². The second-order valence-corrected chi connectivity index (χ2v) is 10.4. The van der Waals surface area contributed by atoms with Crippen LogP contribution in [0.15, 0.2) is 36.4 Å². The molecule has 188 valence electrons. The predicted octanol–water partition coefficient (Wildman–Crippen LogP) is 7.38. The van der Waals surface area contributed by atoms with E-state index in [1.165, 1.54) is 13.0 Å². The van der Waals surface area contributed by atoms with Gasteiger partial charge in [0.15, 0.2) is 5.60 Å². The molecule has 0 radical (unpaired) electrons. The first kappa shape index (κ1) is 25.3. The van der Waals surface area contributed by atoms with Crippen LogP contribution >= 0.6 is 0 Å². The summed E-state index contributed by atoms with van der Waals surface area (Å²) >= 11 is 0. The second kappa shape index (κ2) is 9.01. The van der Waals surface area contributed by atoms with E-state index >= 15 is 0 Å². The maximum atomic E-state index is 14.5. The Labute approximate surface area is 203 Å². The monoisotopic (exact) mass is 488 g/mol. The largest absolute Gasteiger partial charge is 0.493 e. The van der Waals surface area contributed by atoms with E-state index in [0.717, 1.165) is 49.3 Å². The molecular weight excluding hydrogens is 457 g/mol.